The average Bonchev–Trinajstić information content (AvgIpc) is 3.44. The number of carbonyl (C=O) groups excluding carboxylic acids is 1. The standard InChI is InChI=1S/C26H25ClN2O/c27-22-9-3-18(4-10-22)19-5-11-23(12-6-19)28-26(30)21-7-13-24-20(17-21)8-14-25(24)29-15-1-2-16-29/h3-7,9-13,17,25H,1-2,8,14-16H2,(H,28,30). The summed E-state index contributed by atoms with van der Waals surface area (Å²) in [5.41, 5.74) is 6.47. The predicted octanol–water partition coefficient (Wildman–Crippen LogP) is 6.34. The number of rotatable bonds is 4. The lowest BCUT2D eigenvalue weighted by atomic mass is 10.0. The van der Waals surface area contributed by atoms with E-state index in [1.54, 1.807) is 0 Å². The van der Waals surface area contributed by atoms with E-state index in [1.807, 2.05) is 54.6 Å². The zero-order valence-electron chi connectivity index (χ0n) is 16.9. The molecule has 1 unspecified atom stereocenters. The summed E-state index contributed by atoms with van der Waals surface area (Å²) >= 11 is 5.97. The van der Waals surface area contributed by atoms with E-state index in [4.69, 9.17) is 11.6 Å². The summed E-state index contributed by atoms with van der Waals surface area (Å²) in [6, 6.07) is 22.5. The summed E-state index contributed by atoms with van der Waals surface area (Å²) in [6.45, 7) is 2.41. The molecule has 30 heavy (non-hydrogen) atoms. The first kappa shape index (κ1) is 19.3. The molecule has 1 atom stereocenters. The lowest BCUT2D eigenvalue weighted by Gasteiger charge is -2.24. The summed E-state index contributed by atoms with van der Waals surface area (Å²) in [5, 5.41) is 3.76. The minimum absolute atomic E-state index is 0.0540. The number of carbonyl (C=O) groups is 1. The highest BCUT2D eigenvalue weighted by Crippen LogP contribution is 2.38. The molecule has 1 aliphatic carbocycles. The number of hydrogen-bond donors (Lipinski definition) is 1. The summed E-state index contributed by atoms with van der Waals surface area (Å²) in [6.07, 6.45) is 4.85. The van der Waals surface area contributed by atoms with Gasteiger partial charge in [-0.25, -0.2) is 0 Å². The Kier molecular flexibility index (Phi) is 5.32. The van der Waals surface area contributed by atoms with Crippen molar-refractivity contribution in [2.75, 3.05) is 18.4 Å². The van der Waals surface area contributed by atoms with E-state index in [-0.39, 0.29) is 5.91 Å². The summed E-state index contributed by atoms with van der Waals surface area (Å²) < 4.78 is 0. The monoisotopic (exact) mass is 416 g/mol. The Morgan fingerprint density at radius 2 is 1.57 bits per heavy atom. The molecule has 1 amide bonds. The number of fused-ring (bicyclic) bond motifs is 1. The molecule has 1 saturated heterocycles. The number of aryl methyl sites for hydroxylation is 1. The predicted molar refractivity (Wildman–Crippen MR) is 123 cm³/mol. The molecule has 0 spiro atoms. The van der Waals surface area contributed by atoms with Crippen molar-refractivity contribution in [1.82, 2.24) is 4.90 Å². The van der Waals surface area contributed by atoms with Gasteiger partial charge in [0.2, 0.25) is 0 Å². The molecule has 3 aromatic carbocycles. The highest BCUT2D eigenvalue weighted by Gasteiger charge is 2.29. The highest BCUT2D eigenvalue weighted by molar-refractivity contribution is 6.30. The molecule has 0 bridgehead atoms. The van der Waals surface area contributed by atoms with Crippen LogP contribution in [0.25, 0.3) is 11.1 Å². The number of amides is 1. The van der Waals surface area contributed by atoms with Crippen molar-refractivity contribution < 1.29 is 4.79 Å². The largest absolute Gasteiger partial charge is 0.322 e. The van der Waals surface area contributed by atoms with Crippen molar-refractivity contribution >= 4 is 23.2 Å². The van der Waals surface area contributed by atoms with Crippen LogP contribution in [0.15, 0.2) is 66.7 Å². The van der Waals surface area contributed by atoms with E-state index in [0.717, 1.165) is 33.8 Å². The van der Waals surface area contributed by atoms with E-state index in [2.05, 4.69) is 22.3 Å². The molecule has 5 rings (SSSR count). The van der Waals surface area contributed by atoms with Gasteiger partial charge in [-0.1, -0.05) is 41.9 Å². The van der Waals surface area contributed by atoms with Crippen molar-refractivity contribution in [2.45, 2.75) is 31.7 Å². The third kappa shape index (κ3) is 3.88. The molecule has 0 aromatic heterocycles. The molecule has 2 aliphatic rings. The second kappa shape index (κ2) is 8.25. The normalized spacial score (nSPS) is 18.4. The zero-order valence-corrected chi connectivity index (χ0v) is 17.7. The van der Waals surface area contributed by atoms with Crippen molar-refractivity contribution in [3.8, 4) is 11.1 Å². The second-order valence-corrected chi connectivity index (χ2v) is 8.69. The van der Waals surface area contributed by atoms with Crippen LogP contribution in [0.1, 0.15) is 46.8 Å². The summed E-state index contributed by atoms with van der Waals surface area (Å²) in [7, 11) is 0. The number of nitrogens with zero attached hydrogens (tertiary/aromatic N) is 1. The Morgan fingerprint density at radius 3 is 2.27 bits per heavy atom. The van der Waals surface area contributed by atoms with E-state index in [1.165, 1.54) is 43.5 Å². The third-order valence-corrected chi connectivity index (χ3v) is 6.61. The Labute approximate surface area is 182 Å². The quantitative estimate of drug-likeness (QED) is 0.538. The topological polar surface area (TPSA) is 32.3 Å². The Balaban J connectivity index is 1.28. The smallest absolute Gasteiger partial charge is 0.255 e. The highest BCUT2D eigenvalue weighted by atomic mass is 35.5. The molecule has 3 nitrogen and oxygen atoms in total. The van der Waals surface area contributed by atoms with E-state index in [0.29, 0.717) is 6.04 Å². The molecule has 3 aromatic rings. The number of nitrogens with one attached hydrogen (secondary N) is 1. The molecular weight excluding hydrogens is 392 g/mol. The maximum absolute atomic E-state index is 12.8. The van der Waals surface area contributed by atoms with E-state index < -0.39 is 0 Å². The number of likely N-dealkylation sites (tertiary alicyclic amines) is 1. The van der Waals surface area contributed by atoms with Crippen LogP contribution in [0.5, 0.6) is 0 Å². The molecule has 0 radical (unpaired) electrons. The molecule has 1 aliphatic heterocycles. The van der Waals surface area contributed by atoms with Gasteiger partial charge < -0.3 is 5.32 Å². The molecule has 1 fully saturated rings. The van der Waals surface area contributed by atoms with E-state index in [9.17, 15) is 4.79 Å². The first-order valence-corrected chi connectivity index (χ1v) is 11.1. The van der Waals surface area contributed by atoms with Gasteiger partial charge in [0.1, 0.15) is 0 Å². The Hall–Kier alpha value is -2.62. The minimum Gasteiger partial charge on any atom is -0.322 e. The Morgan fingerprint density at radius 1 is 0.900 bits per heavy atom. The van der Waals surface area contributed by atoms with Crippen LogP contribution < -0.4 is 5.32 Å². The number of anilines is 1. The van der Waals surface area contributed by atoms with Crippen molar-refractivity contribution in [3.05, 3.63) is 88.4 Å². The third-order valence-electron chi connectivity index (χ3n) is 6.35. The number of halogens is 1. The fourth-order valence-electron chi connectivity index (χ4n) is 4.76. The van der Waals surface area contributed by atoms with Gasteiger partial charge >= 0.3 is 0 Å². The van der Waals surface area contributed by atoms with Gasteiger partial charge in [-0.05, 0) is 97.4 Å². The van der Waals surface area contributed by atoms with E-state index >= 15 is 0 Å². The van der Waals surface area contributed by atoms with Crippen LogP contribution in [0, 0.1) is 0 Å². The van der Waals surface area contributed by atoms with Gasteiger partial charge in [-0.15, -0.1) is 0 Å². The second-order valence-electron chi connectivity index (χ2n) is 8.25. The molecule has 4 heteroatoms. The van der Waals surface area contributed by atoms with Gasteiger partial charge in [0, 0.05) is 22.3 Å². The van der Waals surface area contributed by atoms with Gasteiger partial charge in [0.15, 0.2) is 0 Å². The SMILES string of the molecule is O=C(Nc1ccc(-c2ccc(Cl)cc2)cc1)c1ccc2c(c1)CCC2N1CCCC1. The van der Waals surface area contributed by atoms with Crippen LogP contribution in [0.3, 0.4) is 0 Å². The van der Waals surface area contributed by atoms with Gasteiger partial charge in [-0.2, -0.15) is 0 Å². The van der Waals surface area contributed by atoms with Gasteiger partial charge in [0.05, 0.1) is 0 Å². The zero-order chi connectivity index (χ0) is 20.5. The first-order valence-electron chi connectivity index (χ1n) is 10.7. The average molecular weight is 417 g/mol. The Bertz CT molecular complexity index is 1050. The fraction of sp³-hybridized carbons (Fsp3) is 0.269. The molecular formula is C26H25ClN2O. The maximum Gasteiger partial charge on any atom is 0.255 e. The lowest BCUT2D eigenvalue weighted by Crippen LogP contribution is -2.23. The number of hydrogen-bond acceptors (Lipinski definition) is 2. The van der Waals surface area contributed by atoms with Crippen molar-refractivity contribution in [1.29, 1.82) is 0 Å². The van der Waals surface area contributed by atoms with Gasteiger partial charge in [-0.3, -0.25) is 9.69 Å². The van der Waals surface area contributed by atoms with Crippen LogP contribution in [-0.4, -0.2) is 23.9 Å². The van der Waals surface area contributed by atoms with Crippen molar-refractivity contribution in [2.24, 2.45) is 0 Å². The molecule has 1 N–H and O–H groups in total. The summed E-state index contributed by atoms with van der Waals surface area (Å²) in [5.74, 6) is -0.0540. The van der Waals surface area contributed by atoms with Gasteiger partial charge in [0.25, 0.3) is 5.91 Å². The number of benzene rings is 3. The molecule has 0 saturated carbocycles. The van der Waals surface area contributed by atoms with Crippen LogP contribution in [0.2, 0.25) is 5.02 Å². The minimum atomic E-state index is -0.0540. The lowest BCUT2D eigenvalue weighted by molar-refractivity contribution is 0.102. The van der Waals surface area contributed by atoms with Crippen molar-refractivity contribution in [3.63, 3.8) is 0 Å². The van der Waals surface area contributed by atoms with Crippen LogP contribution in [-0.2, 0) is 6.42 Å². The van der Waals surface area contributed by atoms with Crippen LogP contribution >= 0.6 is 11.6 Å². The molecule has 1 heterocycles. The maximum atomic E-state index is 12.8. The van der Waals surface area contributed by atoms with Crippen LogP contribution in [0.4, 0.5) is 5.69 Å². The fourth-order valence-corrected chi connectivity index (χ4v) is 4.89. The molecule has 152 valence electrons. The summed E-state index contributed by atoms with van der Waals surface area (Å²) in [4.78, 5) is 15.4. The first-order chi connectivity index (χ1) is 14.7.